The normalized spacial score (nSPS) is 13.7. The smallest absolute Gasteiger partial charge is 0.306 e. The van der Waals surface area contributed by atoms with E-state index < -0.39 is 18.2 Å². The minimum atomic E-state index is -0.804. The first-order chi connectivity index (χ1) is 33.0. The molecule has 0 aromatic rings. The van der Waals surface area contributed by atoms with Crippen molar-refractivity contribution in [2.45, 2.75) is 296 Å². The largest absolute Gasteiger partial charge is 0.462 e. The van der Waals surface area contributed by atoms with Crippen LogP contribution in [0, 0.1) is 0 Å². The zero-order valence-corrected chi connectivity index (χ0v) is 44.3. The number of unbranched alkanes of at least 4 members (excludes halogenated alkanes) is 28. The Kier molecular flexibility index (Phi) is 52.1. The van der Waals surface area contributed by atoms with Gasteiger partial charge in [0, 0.05) is 6.42 Å². The summed E-state index contributed by atoms with van der Waals surface area (Å²) >= 11 is 0. The van der Waals surface area contributed by atoms with Gasteiger partial charge < -0.3 is 20.3 Å². The average Bonchev–Trinajstić information content (AvgIpc) is 3.32. The van der Waals surface area contributed by atoms with Crippen LogP contribution in [0.4, 0.5) is 0 Å². The van der Waals surface area contributed by atoms with Crippen molar-refractivity contribution in [1.29, 1.82) is 0 Å². The molecule has 0 aliphatic heterocycles. The van der Waals surface area contributed by atoms with E-state index in [0.717, 1.165) is 96.3 Å². The van der Waals surface area contributed by atoms with Crippen LogP contribution >= 0.6 is 0 Å². The Bertz CT molecular complexity index is 1230. The third-order valence-electron chi connectivity index (χ3n) is 12.8. The Morgan fingerprint density at radius 1 is 0.448 bits per heavy atom. The number of nitrogens with one attached hydrogen (secondary N) is 1. The summed E-state index contributed by atoms with van der Waals surface area (Å²) in [6.45, 7) is 6.45. The monoisotopic (exact) mass is 936 g/mol. The lowest BCUT2D eigenvalue weighted by atomic mass is 10.0. The number of amides is 1. The molecule has 3 atom stereocenters. The van der Waals surface area contributed by atoms with Crippen LogP contribution in [0.5, 0.6) is 0 Å². The van der Waals surface area contributed by atoms with E-state index in [-0.39, 0.29) is 24.9 Å². The Labute approximate surface area is 415 Å². The van der Waals surface area contributed by atoms with E-state index in [9.17, 15) is 19.8 Å². The van der Waals surface area contributed by atoms with Crippen molar-refractivity contribution in [2.75, 3.05) is 6.61 Å². The summed E-state index contributed by atoms with van der Waals surface area (Å²) in [6.07, 6.45) is 69.6. The van der Waals surface area contributed by atoms with E-state index in [1.165, 1.54) is 135 Å². The topological polar surface area (TPSA) is 95.9 Å². The molecule has 0 rings (SSSR count). The summed E-state index contributed by atoms with van der Waals surface area (Å²) < 4.78 is 5.93. The summed E-state index contributed by atoms with van der Waals surface area (Å²) in [5.41, 5.74) is 0. The van der Waals surface area contributed by atoms with E-state index in [1.54, 1.807) is 0 Å². The van der Waals surface area contributed by atoms with Gasteiger partial charge >= 0.3 is 5.97 Å². The SMILES string of the molecule is CCCCC/C=C\C/C=C\C/C=C\C/C=C\CCCCCC(=O)OC(CCCCC/C=C/C=C/CCCCCCCCC)CC(=O)NC(CO)C(O)CCCCCCCCCCCCCCC. The first-order valence-electron chi connectivity index (χ1n) is 28.7. The first kappa shape index (κ1) is 64.3. The van der Waals surface area contributed by atoms with Crippen molar-refractivity contribution in [3.05, 3.63) is 72.9 Å². The molecule has 67 heavy (non-hydrogen) atoms. The third-order valence-corrected chi connectivity index (χ3v) is 12.8. The quantitative estimate of drug-likeness (QED) is 0.0244. The maximum absolute atomic E-state index is 13.3. The second-order valence-electron chi connectivity index (χ2n) is 19.4. The maximum Gasteiger partial charge on any atom is 0.306 e. The van der Waals surface area contributed by atoms with E-state index in [0.29, 0.717) is 19.3 Å². The summed E-state index contributed by atoms with van der Waals surface area (Å²) in [5.74, 6) is -0.533. The predicted molar refractivity (Wildman–Crippen MR) is 291 cm³/mol. The molecule has 1 amide bonds. The van der Waals surface area contributed by atoms with Gasteiger partial charge in [-0.05, 0) is 96.3 Å². The second-order valence-corrected chi connectivity index (χ2v) is 19.4. The first-order valence-corrected chi connectivity index (χ1v) is 28.7. The van der Waals surface area contributed by atoms with Gasteiger partial charge in [-0.25, -0.2) is 0 Å². The molecule has 6 heteroatoms. The minimum Gasteiger partial charge on any atom is -0.462 e. The summed E-state index contributed by atoms with van der Waals surface area (Å²) in [5, 5.41) is 23.8. The van der Waals surface area contributed by atoms with Crippen molar-refractivity contribution in [2.24, 2.45) is 0 Å². The Morgan fingerprint density at radius 3 is 1.28 bits per heavy atom. The molecule has 0 aromatic carbocycles. The molecule has 0 heterocycles. The number of aliphatic hydroxyl groups is 2. The van der Waals surface area contributed by atoms with Crippen LogP contribution in [-0.2, 0) is 14.3 Å². The number of carbonyl (C=O) groups is 2. The van der Waals surface area contributed by atoms with Gasteiger partial charge in [-0.15, -0.1) is 0 Å². The van der Waals surface area contributed by atoms with Crippen LogP contribution in [-0.4, -0.2) is 46.9 Å². The van der Waals surface area contributed by atoms with Crippen molar-refractivity contribution >= 4 is 11.9 Å². The predicted octanol–water partition coefficient (Wildman–Crippen LogP) is 17.7. The maximum atomic E-state index is 13.3. The lowest BCUT2D eigenvalue weighted by Crippen LogP contribution is -2.46. The number of carbonyl (C=O) groups excluding carboxylic acids is 2. The lowest BCUT2D eigenvalue weighted by Gasteiger charge is -2.24. The zero-order chi connectivity index (χ0) is 48.8. The fraction of sp³-hybridized carbons (Fsp3) is 0.770. The molecule has 6 nitrogen and oxygen atoms in total. The molecule has 0 radical (unpaired) electrons. The Morgan fingerprint density at radius 2 is 0.806 bits per heavy atom. The molecule has 0 aliphatic carbocycles. The van der Waals surface area contributed by atoms with E-state index in [2.05, 4.69) is 99.0 Å². The molecule has 0 spiro atoms. The van der Waals surface area contributed by atoms with Gasteiger partial charge in [-0.3, -0.25) is 9.59 Å². The summed E-state index contributed by atoms with van der Waals surface area (Å²) in [7, 11) is 0. The third kappa shape index (κ3) is 49.5. The summed E-state index contributed by atoms with van der Waals surface area (Å²) in [4.78, 5) is 26.3. The van der Waals surface area contributed by atoms with Gasteiger partial charge in [-0.1, -0.05) is 241 Å². The van der Waals surface area contributed by atoms with Gasteiger partial charge in [0.25, 0.3) is 0 Å². The highest BCUT2D eigenvalue weighted by Gasteiger charge is 2.24. The van der Waals surface area contributed by atoms with Gasteiger partial charge in [0.1, 0.15) is 6.10 Å². The van der Waals surface area contributed by atoms with E-state index in [1.807, 2.05) is 0 Å². The highest BCUT2D eigenvalue weighted by molar-refractivity contribution is 5.77. The van der Waals surface area contributed by atoms with Gasteiger partial charge in [0.15, 0.2) is 0 Å². The van der Waals surface area contributed by atoms with Crippen LogP contribution in [0.3, 0.4) is 0 Å². The number of hydrogen-bond donors (Lipinski definition) is 3. The number of aliphatic hydroxyl groups excluding tert-OH is 2. The molecule has 0 aliphatic rings. The van der Waals surface area contributed by atoms with Crippen LogP contribution in [0.1, 0.15) is 278 Å². The molecular weight excluding hydrogens is 827 g/mol. The van der Waals surface area contributed by atoms with Crippen molar-refractivity contribution in [1.82, 2.24) is 5.32 Å². The molecule has 3 unspecified atom stereocenters. The molecule has 3 N–H and O–H groups in total. The number of rotatable bonds is 51. The Balaban J connectivity index is 4.68. The van der Waals surface area contributed by atoms with Gasteiger partial charge in [0.05, 0.1) is 25.2 Å². The standard InChI is InChI=1S/C61H109NO5/c1-4-7-10-13-16-19-22-25-27-29-30-31-33-36-39-42-45-48-51-54-61(66)67-57(52-49-46-43-40-37-35-32-28-26-23-20-17-14-11-8-5-2)55-60(65)62-58(56-63)59(64)53-50-47-44-41-38-34-24-21-18-15-12-9-6-3/h16,19,25,27-28,30-32,35-37,39,57-59,63-64H,4-15,17-18,20-24,26,29,33-34,38,40-56H2,1-3H3,(H,62,65)/b19-16-,27-25-,31-30-,32-28+,37-35+,39-36-. The van der Waals surface area contributed by atoms with Crippen molar-refractivity contribution in [3.63, 3.8) is 0 Å². The zero-order valence-electron chi connectivity index (χ0n) is 44.3. The van der Waals surface area contributed by atoms with E-state index >= 15 is 0 Å². The van der Waals surface area contributed by atoms with Crippen LogP contribution in [0.15, 0.2) is 72.9 Å². The highest BCUT2D eigenvalue weighted by Crippen LogP contribution is 2.17. The minimum absolute atomic E-state index is 0.0448. The lowest BCUT2D eigenvalue weighted by molar-refractivity contribution is -0.151. The van der Waals surface area contributed by atoms with Crippen LogP contribution < -0.4 is 5.32 Å². The van der Waals surface area contributed by atoms with Crippen molar-refractivity contribution < 1.29 is 24.5 Å². The van der Waals surface area contributed by atoms with Crippen LogP contribution in [0.25, 0.3) is 0 Å². The fourth-order valence-corrected chi connectivity index (χ4v) is 8.41. The number of hydrogen-bond acceptors (Lipinski definition) is 5. The fourth-order valence-electron chi connectivity index (χ4n) is 8.41. The molecule has 0 aromatic heterocycles. The molecule has 0 saturated heterocycles. The number of allylic oxidation sites excluding steroid dienone is 12. The van der Waals surface area contributed by atoms with Crippen molar-refractivity contribution in [3.8, 4) is 0 Å². The molecular formula is C61H109NO5. The Hall–Kier alpha value is -2.70. The molecule has 0 saturated carbocycles. The summed E-state index contributed by atoms with van der Waals surface area (Å²) in [6, 6.07) is -0.720. The average molecular weight is 937 g/mol. The molecule has 0 bridgehead atoms. The van der Waals surface area contributed by atoms with Gasteiger partial charge in [-0.2, -0.15) is 0 Å². The second kappa shape index (κ2) is 54.2. The molecule has 388 valence electrons. The molecule has 0 fully saturated rings. The highest BCUT2D eigenvalue weighted by atomic mass is 16.5. The number of ether oxygens (including phenoxy) is 1. The number of esters is 1. The van der Waals surface area contributed by atoms with Gasteiger partial charge in [0.2, 0.25) is 5.91 Å². The van der Waals surface area contributed by atoms with Crippen LogP contribution in [0.2, 0.25) is 0 Å². The van der Waals surface area contributed by atoms with E-state index in [4.69, 9.17) is 4.74 Å².